The van der Waals surface area contributed by atoms with E-state index in [-0.39, 0.29) is 37.6 Å². The molecular formula is C18H34N2O. The molecule has 1 aromatic heterocycles. The molecule has 1 aromatic rings. The molecule has 0 unspecified atom stereocenters. The molecule has 0 radical (unpaired) electrons. The van der Waals surface area contributed by atoms with Gasteiger partial charge in [-0.25, -0.2) is 0 Å². The van der Waals surface area contributed by atoms with E-state index in [4.69, 9.17) is 0 Å². The molecule has 1 atom stereocenters. The number of hydrogen-bond donors (Lipinski definition) is 1. The summed E-state index contributed by atoms with van der Waals surface area (Å²) in [6.07, 6.45) is 2.40. The molecule has 0 spiro atoms. The molecule has 0 fully saturated rings. The third kappa shape index (κ3) is 7.96. The Kier molecular flexibility index (Phi) is 8.70. The van der Waals surface area contributed by atoms with Crippen molar-refractivity contribution < 1.29 is 4.79 Å². The Morgan fingerprint density at radius 3 is 2.10 bits per heavy atom. The van der Waals surface area contributed by atoms with Crippen molar-refractivity contribution in [2.45, 2.75) is 74.4 Å². The van der Waals surface area contributed by atoms with Crippen molar-refractivity contribution in [3.05, 3.63) is 30.1 Å². The molecule has 0 amide bonds. The van der Waals surface area contributed by atoms with E-state index in [1.807, 2.05) is 39.0 Å². The van der Waals surface area contributed by atoms with E-state index < -0.39 is 0 Å². The number of Topliss-reactive ketones (excluding diaryl/α,β-unsaturated/α-hetero) is 1. The topological polar surface area (TPSA) is 42.0 Å². The van der Waals surface area contributed by atoms with Crippen LogP contribution < -0.4 is 5.32 Å². The second-order valence-electron chi connectivity index (χ2n) is 7.09. The quantitative estimate of drug-likeness (QED) is 0.901. The van der Waals surface area contributed by atoms with Gasteiger partial charge < -0.3 is 5.32 Å². The second-order valence-corrected chi connectivity index (χ2v) is 7.09. The molecule has 3 nitrogen and oxygen atoms in total. The maximum atomic E-state index is 12.6. The predicted octanol–water partition coefficient (Wildman–Crippen LogP) is 4.27. The van der Waals surface area contributed by atoms with E-state index in [2.05, 4.69) is 31.1 Å². The molecule has 1 rings (SSSR count). The van der Waals surface area contributed by atoms with Crippen LogP contribution in [0.1, 0.15) is 62.1 Å². The zero-order valence-electron chi connectivity index (χ0n) is 12.9. The lowest BCUT2D eigenvalue weighted by molar-refractivity contribution is -0.128. The largest absolute Gasteiger partial charge is 0.302 e. The standard InChI is InChI=1S/C16H26N2O.2CH4/c1-15(2,3)14(19)13(18-16(4,5)6)11-12-9-7-8-10-17-12;;/h7-10,13,18H,11H2,1-6H3;2*1H4/t13-;;/m1../s1. The van der Waals surface area contributed by atoms with Gasteiger partial charge in [0, 0.05) is 29.3 Å². The van der Waals surface area contributed by atoms with Gasteiger partial charge in [0.25, 0.3) is 0 Å². The number of carbonyl (C=O) groups excluding carboxylic acids is 1. The number of pyridine rings is 1. The number of nitrogens with one attached hydrogen (secondary N) is 1. The Balaban J connectivity index is 0. The van der Waals surface area contributed by atoms with Crippen molar-refractivity contribution in [3.63, 3.8) is 0 Å². The highest BCUT2D eigenvalue weighted by atomic mass is 16.1. The summed E-state index contributed by atoms with van der Waals surface area (Å²) in [5, 5.41) is 3.42. The number of hydrogen-bond acceptors (Lipinski definition) is 3. The monoisotopic (exact) mass is 294 g/mol. The van der Waals surface area contributed by atoms with Crippen molar-refractivity contribution in [1.82, 2.24) is 10.3 Å². The van der Waals surface area contributed by atoms with Crippen LogP contribution in [0.5, 0.6) is 0 Å². The van der Waals surface area contributed by atoms with Crippen LogP contribution in [-0.4, -0.2) is 22.3 Å². The lowest BCUT2D eigenvalue weighted by Gasteiger charge is -2.31. The number of carbonyl (C=O) groups is 1. The Morgan fingerprint density at radius 1 is 1.14 bits per heavy atom. The fourth-order valence-electron chi connectivity index (χ4n) is 1.98. The highest BCUT2D eigenvalue weighted by Gasteiger charge is 2.32. The minimum atomic E-state index is -0.350. The average molecular weight is 294 g/mol. The van der Waals surface area contributed by atoms with Crippen molar-refractivity contribution in [3.8, 4) is 0 Å². The van der Waals surface area contributed by atoms with Crippen LogP contribution in [0.3, 0.4) is 0 Å². The van der Waals surface area contributed by atoms with E-state index in [1.54, 1.807) is 6.20 Å². The second kappa shape index (κ2) is 8.28. The van der Waals surface area contributed by atoms with Crippen LogP contribution in [0.25, 0.3) is 0 Å². The molecule has 1 heterocycles. The SMILES string of the molecule is C.C.CC(C)(C)N[C@H](Cc1ccccn1)C(=O)C(C)(C)C. The Bertz CT molecular complexity index is 413. The van der Waals surface area contributed by atoms with Crippen molar-refractivity contribution in [2.75, 3.05) is 0 Å². The summed E-state index contributed by atoms with van der Waals surface area (Å²) in [6.45, 7) is 12.1. The van der Waals surface area contributed by atoms with Gasteiger partial charge in [-0.3, -0.25) is 9.78 Å². The molecule has 0 saturated heterocycles. The fraction of sp³-hybridized carbons (Fsp3) is 0.667. The zero-order valence-corrected chi connectivity index (χ0v) is 12.9. The van der Waals surface area contributed by atoms with E-state index in [0.717, 1.165) is 5.69 Å². The van der Waals surface area contributed by atoms with E-state index in [9.17, 15) is 4.79 Å². The molecule has 0 aromatic carbocycles. The van der Waals surface area contributed by atoms with Gasteiger partial charge in [-0.05, 0) is 32.9 Å². The van der Waals surface area contributed by atoms with E-state index in [1.165, 1.54) is 0 Å². The summed E-state index contributed by atoms with van der Waals surface area (Å²) < 4.78 is 0. The lowest BCUT2D eigenvalue weighted by Crippen LogP contribution is -2.52. The minimum absolute atomic E-state index is 0. The number of ketones is 1. The summed E-state index contributed by atoms with van der Waals surface area (Å²) >= 11 is 0. The van der Waals surface area contributed by atoms with Gasteiger partial charge in [0.2, 0.25) is 0 Å². The number of aromatic nitrogens is 1. The van der Waals surface area contributed by atoms with Crippen molar-refractivity contribution in [2.24, 2.45) is 5.41 Å². The average Bonchev–Trinajstić information content (AvgIpc) is 2.25. The highest BCUT2D eigenvalue weighted by molar-refractivity contribution is 5.89. The third-order valence-electron chi connectivity index (χ3n) is 2.80. The molecular weight excluding hydrogens is 260 g/mol. The Labute approximate surface area is 131 Å². The van der Waals surface area contributed by atoms with Crippen LogP contribution in [0.2, 0.25) is 0 Å². The molecule has 0 bridgehead atoms. The molecule has 0 saturated carbocycles. The zero-order chi connectivity index (χ0) is 14.7. The van der Waals surface area contributed by atoms with Gasteiger partial charge in [0.05, 0.1) is 6.04 Å². The van der Waals surface area contributed by atoms with Crippen molar-refractivity contribution >= 4 is 5.78 Å². The molecule has 21 heavy (non-hydrogen) atoms. The van der Waals surface area contributed by atoms with Gasteiger partial charge in [0.15, 0.2) is 5.78 Å². The summed E-state index contributed by atoms with van der Waals surface area (Å²) in [6, 6.07) is 5.61. The summed E-state index contributed by atoms with van der Waals surface area (Å²) in [4.78, 5) is 16.9. The van der Waals surface area contributed by atoms with E-state index in [0.29, 0.717) is 6.42 Å². The molecule has 0 aliphatic heterocycles. The first kappa shape index (κ1) is 22.1. The lowest BCUT2D eigenvalue weighted by atomic mass is 9.84. The van der Waals surface area contributed by atoms with Crippen LogP contribution in [-0.2, 0) is 11.2 Å². The van der Waals surface area contributed by atoms with Gasteiger partial charge in [-0.2, -0.15) is 0 Å². The molecule has 3 heteroatoms. The highest BCUT2D eigenvalue weighted by Crippen LogP contribution is 2.20. The smallest absolute Gasteiger partial charge is 0.155 e. The third-order valence-corrected chi connectivity index (χ3v) is 2.80. The van der Waals surface area contributed by atoms with Crippen LogP contribution in [0.4, 0.5) is 0 Å². The molecule has 0 aliphatic carbocycles. The Morgan fingerprint density at radius 2 is 1.71 bits per heavy atom. The van der Waals surface area contributed by atoms with Crippen LogP contribution in [0.15, 0.2) is 24.4 Å². The predicted molar refractivity (Wildman–Crippen MR) is 92.5 cm³/mol. The summed E-state index contributed by atoms with van der Waals surface area (Å²) in [5.74, 6) is 0.230. The maximum Gasteiger partial charge on any atom is 0.155 e. The van der Waals surface area contributed by atoms with E-state index >= 15 is 0 Å². The first-order chi connectivity index (χ1) is 8.59. The normalized spacial score (nSPS) is 12.9. The number of rotatable bonds is 4. The maximum absolute atomic E-state index is 12.6. The fourth-order valence-corrected chi connectivity index (χ4v) is 1.98. The van der Waals surface area contributed by atoms with Gasteiger partial charge >= 0.3 is 0 Å². The van der Waals surface area contributed by atoms with Crippen LogP contribution in [0, 0.1) is 5.41 Å². The molecule has 122 valence electrons. The first-order valence-corrected chi connectivity index (χ1v) is 6.81. The molecule has 0 aliphatic rings. The van der Waals surface area contributed by atoms with Gasteiger partial charge in [0.1, 0.15) is 0 Å². The van der Waals surface area contributed by atoms with Crippen LogP contribution >= 0.6 is 0 Å². The van der Waals surface area contributed by atoms with Gasteiger partial charge in [-0.1, -0.05) is 41.7 Å². The minimum Gasteiger partial charge on any atom is -0.302 e. The van der Waals surface area contributed by atoms with Crippen molar-refractivity contribution in [1.29, 1.82) is 0 Å². The number of nitrogens with zero attached hydrogens (tertiary/aromatic N) is 1. The first-order valence-electron chi connectivity index (χ1n) is 6.81. The Hall–Kier alpha value is -1.22. The van der Waals surface area contributed by atoms with Gasteiger partial charge in [-0.15, -0.1) is 0 Å². The summed E-state index contributed by atoms with van der Waals surface area (Å²) in [7, 11) is 0. The molecule has 1 N–H and O–H groups in total. The summed E-state index contributed by atoms with van der Waals surface area (Å²) in [5.41, 5.74) is 0.500.